The Balaban J connectivity index is 1.30. The first-order valence-electron chi connectivity index (χ1n) is 12.0. The Labute approximate surface area is 198 Å². The number of amides is 1. The van der Waals surface area contributed by atoms with E-state index in [1.54, 1.807) is 0 Å². The van der Waals surface area contributed by atoms with Crippen molar-refractivity contribution in [3.63, 3.8) is 0 Å². The van der Waals surface area contributed by atoms with Gasteiger partial charge in [-0.2, -0.15) is 0 Å². The van der Waals surface area contributed by atoms with Crippen LogP contribution in [0, 0.1) is 0 Å². The van der Waals surface area contributed by atoms with Gasteiger partial charge in [0.15, 0.2) is 11.0 Å². The Morgan fingerprint density at radius 3 is 2.88 bits per heavy atom. The molecule has 2 fully saturated rings. The van der Waals surface area contributed by atoms with E-state index in [0.717, 1.165) is 79.4 Å². The summed E-state index contributed by atoms with van der Waals surface area (Å²) in [6.45, 7) is 6.87. The highest BCUT2D eigenvalue weighted by atomic mass is 32.2. The molecule has 176 valence electrons. The van der Waals surface area contributed by atoms with E-state index in [9.17, 15) is 4.79 Å². The maximum absolute atomic E-state index is 12.7. The molecule has 2 aliphatic rings. The fourth-order valence-corrected chi connectivity index (χ4v) is 5.56. The zero-order valence-corrected chi connectivity index (χ0v) is 19.9. The van der Waals surface area contributed by atoms with E-state index in [-0.39, 0.29) is 18.1 Å². The summed E-state index contributed by atoms with van der Waals surface area (Å²) in [7, 11) is 0. The van der Waals surface area contributed by atoms with Gasteiger partial charge in [-0.15, -0.1) is 10.2 Å². The molecule has 9 heteroatoms. The summed E-state index contributed by atoms with van der Waals surface area (Å²) in [6.07, 6.45) is 6.30. The molecule has 4 heterocycles. The average Bonchev–Trinajstić information content (AvgIpc) is 3.59. The van der Waals surface area contributed by atoms with Crippen molar-refractivity contribution >= 4 is 28.6 Å². The first-order chi connectivity index (χ1) is 16.2. The number of nitrogens with zero attached hydrogens (tertiary/aromatic N) is 4. The molecule has 0 unspecified atom stereocenters. The van der Waals surface area contributed by atoms with E-state index in [0.29, 0.717) is 12.3 Å². The quantitative estimate of drug-likeness (QED) is 0.493. The van der Waals surface area contributed by atoms with Crippen LogP contribution in [0.1, 0.15) is 32.6 Å². The summed E-state index contributed by atoms with van der Waals surface area (Å²) in [5.41, 5.74) is 2.09. The highest BCUT2D eigenvalue weighted by molar-refractivity contribution is 7.99. The Morgan fingerprint density at radius 1 is 1.24 bits per heavy atom. The molecular formula is C24H32N6O2S. The third kappa shape index (κ3) is 5.10. The molecule has 1 atom stereocenters. The minimum Gasteiger partial charge on any atom is -0.376 e. The highest BCUT2D eigenvalue weighted by Crippen LogP contribution is 2.31. The van der Waals surface area contributed by atoms with Crippen molar-refractivity contribution in [2.75, 3.05) is 32.0 Å². The first-order valence-corrected chi connectivity index (χ1v) is 13.0. The molecule has 3 aromatic rings. The van der Waals surface area contributed by atoms with Gasteiger partial charge in [-0.25, -0.2) is 0 Å². The predicted molar refractivity (Wildman–Crippen MR) is 130 cm³/mol. The Bertz CT molecular complexity index is 1080. The summed E-state index contributed by atoms with van der Waals surface area (Å²) in [5.74, 6) is 1.22. The number of aromatic nitrogens is 4. The van der Waals surface area contributed by atoms with Crippen molar-refractivity contribution in [2.45, 2.75) is 56.5 Å². The van der Waals surface area contributed by atoms with Gasteiger partial charge in [0.05, 0.1) is 18.4 Å². The van der Waals surface area contributed by atoms with Crippen molar-refractivity contribution in [2.24, 2.45) is 0 Å². The molecule has 0 aliphatic carbocycles. The number of para-hydroxylation sites is 1. The van der Waals surface area contributed by atoms with Crippen LogP contribution in [0.5, 0.6) is 0 Å². The van der Waals surface area contributed by atoms with Gasteiger partial charge >= 0.3 is 0 Å². The molecule has 2 aromatic heterocycles. The van der Waals surface area contributed by atoms with Gasteiger partial charge < -0.3 is 19.9 Å². The average molecular weight is 469 g/mol. The van der Waals surface area contributed by atoms with Crippen LogP contribution in [0.25, 0.3) is 22.3 Å². The molecule has 1 aromatic carbocycles. The minimum atomic E-state index is 0.0651. The van der Waals surface area contributed by atoms with Gasteiger partial charge in [0.25, 0.3) is 0 Å². The topological polar surface area (TPSA) is 88.1 Å². The molecule has 2 saturated heterocycles. The molecule has 1 amide bonds. The van der Waals surface area contributed by atoms with Crippen LogP contribution < -0.4 is 5.32 Å². The molecule has 0 saturated carbocycles. The summed E-state index contributed by atoms with van der Waals surface area (Å²) in [6, 6.07) is 8.48. The number of piperidine rings is 1. The Hall–Kier alpha value is -2.36. The number of benzene rings is 1. The number of likely N-dealkylation sites (tertiary alicyclic amines) is 1. The van der Waals surface area contributed by atoms with E-state index in [1.807, 2.05) is 18.3 Å². The smallest absolute Gasteiger partial charge is 0.230 e. The number of nitrogens with one attached hydrogen (secondary N) is 2. The second-order valence-electron chi connectivity index (χ2n) is 8.86. The van der Waals surface area contributed by atoms with E-state index >= 15 is 0 Å². The molecule has 33 heavy (non-hydrogen) atoms. The van der Waals surface area contributed by atoms with E-state index in [2.05, 4.69) is 49.0 Å². The molecule has 0 radical (unpaired) electrons. The van der Waals surface area contributed by atoms with Crippen LogP contribution in [0.4, 0.5) is 0 Å². The third-order valence-corrected chi connectivity index (χ3v) is 7.66. The monoisotopic (exact) mass is 468 g/mol. The fourth-order valence-electron chi connectivity index (χ4n) is 4.80. The van der Waals surface area contributed by atoms with E-state index in [1.165, 1.54) is 11.8 Å². The van der Waals surface area contributed by atoms with Crippen LogP contribution >= 0.6 is 11.8 Å². The van der Waals surface area contributed by atoms with E-state index in [4.69, 9.17) is 4.74 Å². The van der Waals surface area contributed by atoms with Gasteiger partial charge in [0.1, 0.15) is 0 Å². The lowest BCUT2D eigenvalue weighted by atomic mass is 10.1. The minimum absolute atomic E-state index is 0.0651. The molecular weight excluding hydrogens is 436 g/mol. The standard InChI is InChI=1S/C24H32N6O2S/c1-2-29-11-9-17(10-12-29)26-22(31)16-33-24-28-27-23(30(24)15-18-6-5-13-32-18)20-14-25-21-8-4-3-7-19(20)21/h3-4,7-8,14,17-18,25H,2,5-6,9-13,15-16H2,1H3,(H,26,31)/t18-/m1/s1. The summed E-state index contributed by atoms with van der Waals surface area (Å²) < 4.78 is 8.04. The number of hydrogen-bond acceptors (Lipinski definition) is 6. The normalized spacial score (nSPS) is 20.0. The molecule has 0 spiro atoms. The van der Waals surface area contributed by atoms with Gasteiger partial charge in [0, 0.05) is 48.4 Å². The predicted octanol–water partition coefficient (Wildman–Crippen LogP) is 3.30. The van der Waals surface area contributed by atoms with E-state index < -0.39 is 0 Å². The van der Waals surface area contributed by atoms with Crippen molar-refractivity contribution in [1.29, 1.82) is 0 Å². The number of fused-ring (bicyclic) bond motifs is 1. The summed E-state index contributed by atoms with van der Waals surface area (Å²) in [4.78, 5) is 18.4. The van der Waals surface area contributed by atoms with Crippen molar-refractivity contribution < 1.29 is 9.53 Å². The highest BCUT2D eigenvalue weighted by Gasteiger charge is 2.24. The lowest BCUT2D eigenvalue weighted by molar-refractivity contribution is -0.119. The third-order valence-electron chi connectivity index (χ3n) is 6.69. The fraction of sp³-hybridized carbons (Fsp3) is 0.542. The second-order valence-corrected chi connectivity index (χ2v) is 9.81. The number of thioether (sulfide) groups is 1. The zero-order valence-electron chi connectivity index (χ0n) is 19.1. The van der Waals surface area contributed by atoms with Crippen molar-refractivity contribution in [3.8, 4) is 11.4 Å². The molecule has 5 rings (SSSR count). The number of carbonyl (C=O) groups is 1. The number of rotatable bonds is 8. The zero-order chi connectivity index (χ0) is 22.6. The first kappa shape index (κ1) is 22.4. The summed E-state index contributed by atoms with van der Waals surface area (Å²) >= 11 is 1.46. The van der Waals surface area contributed by atoms with Crippen LogP contribution in [-0.2, 0) is 16.1 Å². The van der Waals surface area contributed by atoms with Crippen LogP contribution in [0.2, 0.25) is 0 Å². The molecule has 8 nitrogen and oxygen atoms in total. The van der Waals surface area contributed by atoms with Crippen molar-refractivity contribution in [3.05, 3.63) is 30.5 Å². The van der Waals surface area contributed by atoms with Crippen LogP contribution in [0.3, 0.4) is 0 Å². The number of hydrogen-bond donors (Lipinski definition) is 2. The molecule has 2 aliphatic heterocycles. The molecule has 2 N–H and O–H groups in total. The van der Waals surface area contributed by atoms with Gasteiger partial charge in [-0.3, -0.25) is 9.36 Å². The van der Waals surface area contributed by atoms with Gasteiger partial charge in [-0.1, -0.05) is 36.9 Å². The van der Waals surface area contributed by atoms with Gasteiger partial charge in [-0.05, 0) is 38.3 Å². The maximum atomic E-state index is 12.7. The molecule has 0 bridgehead atoms. The van der Waals surface area contributed by atoms with Gasteiger partial charge in [0.2, 0.25) is 5.91 Å². The second kappa shape index (κ2) is 10.3. The Morgan fingerprint density at radius 2 is 2.09 bits per heavy atom. The SMILES string of the molecule is CCN1CCC(NC(=O)CSc2nnc(-c3c[nH]c4ccccc34)n2C[C@H]2CCCO2)CC1. The largest absolute Gasteiger partial charge is 0.376 e. The number of H-pyrrole nitrogens is 1. The number of ether oxygens (including phenoxy) is 1. The lowest BCUT2D eigenvalue weighted by Crippen LogP contribution is -2.45. The number of carbonyl (C=O) groups excluding carboxylic acids is 1. The Kier molecular flexibility index (Phi) is 6.99. The van der Waals surface area contributed by atoms with Crippen LogP contribution in [-0.4, -0.2) is 74.7 Å². The lowest BCUT2D eigenvalue weighted by Gasteiger charge is -2.31. The maximum Gasteiger partial charge on any atom is 0.230 e. The van der Waals surface area contributed by atoms with Crippen molar-refractivity contribution in [1.82, 2.24) is 30.0 Å². The van der Waals surface area contributed by atoms with Crippen LogP contribution in [0.15, 0.2) is 35.6 Å². The number of aromatic amines is 1. The summed E-state index contributed by atoms with van der Waals surface area (Å²) in [5, 5.41) is 14.1.